The van der Waals surface area contributed by atoms with Crippen LogP contribution in [0.5, 0.6) is 0 Å². The zero-order valence-corrected chi connectivity index (χ0v) is 20.2. The lowest BCUT2D eigenvalue weighted by Crippen LogP contribution is -2.41. The van der Waals surface area contributed by atoms with Gasteiger partial charge in [0.05, 0.1) is 5.75 Å². The molecule has 154 valence electrons. The molecule has 3 N–H and O–H groups in total. The quantitative estimate of drug-likeness (QED) is 0.200. The summed E-state index contributed by atoms with van der Waals surface area (Å²) in [5.74, 6) is 1.17. The molecule has 0 spiro atoms. The first-order chi connectivity index (χ1) is 12.4. The molecule has 0 saturated heterocycles. The summed E-state index contributed by atoms with van der Waals surface area (Å²) >= 11 is 1.72. The number of thioether (sulfide) groups is 1. The molecule has 1 aromatic rings. The predicted octanol–water partition coefficient (Wildman–Crippen LogP) is 2.72. The number of hydrogen-bond acceptors (Lipinski definition) is 4. The van der Waals surface area contributed by atoms with Crippen molar-refractivity contribution in [3.8, 4) is 0 Å². The maximum Gasteiger partial charge on any atom is 0.213 e. The number of benzene rings is 1. The molecule has 9 heteroatoms. The summed E-state index contributed by atoms with van der Waals surface area (Å²) in [4.78, 5) is 5.40. The van der Waals surface area contributed by atoms with E-state index in [9.17, 15) is 8.42 Å². The van der Waals surface area contributed by atoms with Crippen LogP contribution in [0.15, 0.2) is 28.1 Å². The SMILES string of the molecule is CN=C(NCCS(=O)(=O)NCC1CCC1)NCc1ccc(C)cc1SC.I. The molecule has 1 aliphatic rings. The van der Waals surface area contributed by atoms with Gasteiger partial charge in [-0.15, -0.1) is 35.7 Å². The molecule has 0 heterocycles. The average molecular weight is 527 g/mol. The van der Waals surface area contributed by atoms with E-state index in [0.717, 1.165) is 12.8 Å². The molecule has 0 aromatic heterocycles. The minimum absolute atomic E-state index is 0. The van der Waals surface area contributed by atoms with E-state index in [4.69, 9.17) is 0 Å². The van der Waals surface area contributed by atoms with Gasteiger partial charge in [-0.25, -0.2) is 13.1 Å². The van der Waals surface area contributed by atoms with Gasteiger partial charge in [0.1, 0.15) is 0 Å². The van der Waals surface area contributed by atoms with Gasteiger partial charge in [-0.2, -0.15) is 0 Å². The van der Waals surface area contributed by atoms with Crippen LogP contribution in [-0.2, 0) is 16.6 Å². The molecule has 1 fully saturated rings. The smallest absolute Gasteiger partial charge is 0.213 e. The van der Waals surface area contributed by atoms with E-state index >= 15 is 0 Å². The summed E-state index contributed by atoms with van der Waals surface area (Å²) in [6.07, 6.45) is 5.55. The fourth-order valence-corrected chi connectivity index (χ4v) is 4.43. The second-order valence-corrected chi connectivity index (χ2v) is 9.41. The number of aliphatic imine (C=N–C) groups is 1. The topological polar surface area (TPSA) is 82.6 Å². The van der Waals surface area contributed by atoms with Crippen LogP contribution in [0.1, 0.15) is 30.4 Å². The van der Waals surface area contributed by atoms with Gasteiger partial charge in [-0.05, 0) is 49.1 Å². The van der Waals surface area contributed by atoms with Crippen LogP contribution in [0, 0.1) is 12.8 Å². The monoisotopic (exact) mass is 526 g/mol. The number of sulfonamides is 1. The first-order valence-electron chi connectivity index (χ1n) is 8.99. The van der Waals surface area contributed by atoms with Crippen molar-refractivity contribution >= 4 is 51.7 Å². The Balaban J connectivity index is 0.00000364. The highest BCUT2D eigenvalue weighted by Crippen LogP contribution is 2.25. The summed E-state index contributed by atoms with van der Waals surface area (Å²) in [5, 5.41) is 6.32. The Labute approximate surface area is 184 Å². The number of hydrogen-bond donors (Lipinski definition) is 3. The molecule has 0 bridgehead atoms. The molecule has 1 saturated carbocycles. The number of nitrogens with zero attached hydrogens (tertiary/aromatic N) is 1. The fraction of sp³-hybridized carbons (Fsp3) is 0.611. The summed E-state index contributed by atoms with van der Waals surface area (Å²) in [6.45, 7) is 3.61. The first-order valence-corrected chi connectivity index (χ1v) is 11.9. The summed E-state index contributed by atoms with van der Waals surface area (Å²) in [5.41, 5.74) is 2.43. The molecule has 0 atom stereocenters. The number of halogens is 1. The highest BCUT2D eigenvalue weighted by Gasteiger charge is 2.20. The number of nitrogens with one attached hydrogen (secondary N) is 3. The van der Waals surface area contributed by atoms with Gasteiger partial charge < -0.3 is 10.6 Å². The molecule has 0 radical (unpaired) electrons. The number of aryl methyl sites for hydroxylation is 1. The minimum atomic E-state index is -3.24. The molecule has 2 rings (SSSR count). The average Bonchev–Trinajstić information content (AvgIpc) is 2.57. The van der Waals surface area contributed by atoms with Crippen LogP contribution >= 0.6 is 35.7 Å². The largest absolute Gasteiger partial charge is 0.355 e. The first kappa shape index (κ1) is 24.5. The highest BCUT2D eigenvalue weighted by molar-refractivity contribution is 14.0. The van der Waals surface area contributed by atoms with Crippen molar-refractivity contribution in [3.05, 3.63) is 29.3 Å². The predicted molar refractivity (Wildman–Crippen MR) is 126 cm³/mol. The van der Waals surface area contributed by atoms with Crippen LogP contribution in [-0.4, -0.2) is 46.5 Å². The maximum atomic E-state index is 12.0. The Morgan fingerprint density at radius 2 is 2.04 bits per heavy atom. The van der Waals surface area contributed by atoms with Crippen molar-refractivity contribution in [2.24, 2.45) is 10.9 Å². The molecule has 1 aromatic carbocycles. The summed E-state index contributed by atoms with van der Waals surface area (Å²) in [7, 11) is -1.55. The molecule has 6 nitrogen and oxygen atoms in total. The third kappa shape index (κ3) is 8.57. The second-order valence-electron chi connectivity index (χ2n) is 6.63. The highest BCUT2D eigenvalue weighted by atomic mass is 127. The standard InChI is InChI=1S/C18H30N4O2S2.HI/c1-14-7-8-16(17(11-14)25-3)13-21-18(19-2)20-9-10-26(23,24)22-12-15-5-4-6-15;/h7-8,11,15,22H,4-6,9-10,12-13H2,1-3H3,(H2,19,20,21);1H. The lowest BCUT2D eigenvalue weighted by atomic mass is 9.86. The minimum Gasteiger partial charge on any atom is -0.355 e. The van der Waals surface area contributed by atoms with Gasteiger partial charge in [0.15, 0.2) is 5.96 Å². The molecule has 0 aliphatic heterocycles. The van der Waals surface area contributed by atoms with Crippen molar-refractivity contribution in [3.63, 3.8) is 0 Å². The van der Waals surface area contributed by atoms with Crippen LogP contribution in [0.2, 0.25) is 0 Å². The van der Waals surface area contributed by atoms with E-state index in [1.165, 1.54) is 22.4 Å². The normalized spacial score (nSPS) is 15.0. The van der Waals surface area contributed by atoms with E-state index in [1.807, 2.05) is 0 Å². The Hall–Kier alpha value is -0.520. The second kappa shape index (κ2) is 12.1. The van der Waals surface area contributed by atoms with Crippen LogP contribution in [0.25, 0.3) is 0 Å². The van der Waals surface area contributed by atoms with E-state index < -0.39 is 10.0 Å². The lowest BCUT2D eigenvalue weighted by Gasteiger charge is -2.25. The van der Waals surface area contributed by atoms with E-state index in [2.05, 4.69) is 51.7 Å². The van der Waals surface area contributed by atoms with Gasteiger partial charge in [-0.1, -0.05) is 18.6 Å². The molecule has 27 heavy (non-hydrogen) atoms. The summed E-state index contributed by atoms with van der Waals surface area (Å²) in [6, 6.07) is 6.36. The third-order valence-electron chi connectivity index (χ3n) is 4.59. The van der Waals surface area contributed by atoms with Crippen LogP contribution in [0.3, 0.4) is 0 Å². The number of rotatable bonds is 9. The van der Waals surface area contributed by atoms with Crippen molar-refractivity contribution in [2.45, 2.75) is 37.6 Å². The van der Waals surface area contributed by atoms with Gasteiger partial charge in [-0.3, -0.25) is 4.99 Å². The van der Waals surface area contributed by atoms with Gasteiger partial charge >= 0.3 is 0 Å². The van der Waals surface area contributed by atoms with Gasteiger partial charge in [0.2, 0.25) is 10.0 Å². The molecule has 1 aliphatic carbocycles. The molecular formula is C18H31IN4O2S2. The van der Waals surface area contributed by atoms with Gasteiger partial charge in [0.25, 0.3) is 0 Å². The Kier molecular flexibility index (Phi) is 11.0. The summed E-state index contributed by atoms with van der Waals surface area (Å²) < 4.78 is 26.8. The van der Waals surface area contributed by atoms with Crippen molar-refractivity contribution in [1.82, 2.24) is 15.4 Å². The zero-order chi connectivity index (χ0) is 19.0. The molecular weight excluding hydrogens is 495 g/mol. The molecule has 0 unspecified atom stereocenters. The maximum absolute atomic E-state index is 12.0. The number of guanidine groups is 1. The van der Waals surface area contributed by atoms with Crippen LogP contribution < -0.4 is 15.4 Å². The fourth-order valence-electron chi connectivity index (χ4n) is 2.72. The zero-order valence-electron chi connectivity index (χ0n) is 16.2. The van der Waals surface area contributed by atoms with Crippen molar-refractivity contribution in [1.29, 1.82) is 0 Å². The van der Waals surface area contributed by atoms with Crippen LogP contribution in [0.4, 0.5) is 0 Å². The van der Waals surface area contributed by atoms with Gasteiger partial charge in [0, 0.05) is 31.6 Å². The lowest BCUT2D eigenvalue weighted by molar-refractivity contribution is 0.316. The van der Waals surface area contributed by atoms with Crippen molar-refractivity contribution in [2.75, 3.05) is 32.1 Å². The Morgan fingerprint density at radius 3 is 2.63 bits per heavy atom. The molecule has 0 amide bonds. The van der Waals surface area contributed by atoms with E-state index in [0.29, 0.717) is 31.5 Å². The van der Waals surface area contributed by atoms with E-state index in [1.54, 1.807) is 18.8 Å². The van der Waals surface area contributed by atoms with E-state index in [-0.39, 0.29) is 29.7 Å². The third-order valence-corrected chi connectivity index (χ3v) is 6.76. The van der Waals surface area contributed by atoms with Crippen molar-refractivity contribution < 1.29 is 8.42 Å². The Bertz CT molecular complexity index is 722. The Morgan fingerprint density at radius 1 is 1.30 bits per heavy atom.